The molecular weight excluding hydrogens is 334 g/mol. The van der Waals surface area contributed by atoms with Gasteiger partial charge in [0.15, 0.2) is 0 Å². The Morgan fingerprint density at radius 3 is 2.58 bits per heavy atom. The number of rotatable bonds is 4. The SMILES string of the molecule is Cc1c(CC(=O)N[C@H](C)c2ccccc2)c(=O)oc2cc(O)cc(O)c12. The van der Waals surface area contributed by atoms with E-state index in [-0.39, 0.29) is 41.0 Å². The van der Waals surface area contributed by atoms with Gasteiger partial charge < -0.3 is 19.9 Å². The Morgan fingerprint density at radius 2 is 1.88 bits per heavy atom. The third kappa shape index (κ3) is 3.39. The van der Waals surface area contributed by atoms with Crippen LogP contribution in [0.2, 0.25) is 0 Å². The second-order valence-corrected chi connectivity index (χ2v) is 6.21. The lowest BCUT2D eigenvalue weighted by Crippen LogP contribution is -2.30. The topological polar surface area (TPSA) is 99.8 Å². The van der Waals surface area contributed by atoms with E-state index in [4.69, 9.17) is 4.42 Å². The van der Waals surface area contributed by atoms with Crippen LogP contribution in [-0.2, 0) is 11.2 Å². The van der Waals surface area contributed by atoms with E-state index in [1.54, 1.807) is 6.92 Å². The molecule has 0 spiro atoms. The van der Waals surface area contributed by atoms with Crippen molar-refractivity contribution < 1.29 is 19.4 Å². The lowest BCUT2D eigenvalue weighted by atomic mass is 10.0. The van der Waals surface area contributed by atoms with Gasteiger partial charge in [-0.3, -0.25) is 4.79 Å². The molecule has 0 aliphatic carbocycles. The number of hydrogen-bond acceptors (Lipinski definition) is 5. The van der Waals surface area contributed by atoms with Crippen LogP contribution in [0.15, 0.2) is 51.7 Å². The lowest BCUT2D eigenvalue weighted by Gasteiger charge is -2.15. The molecule has 0 saturated carbocycles. The van der Waals surface area contributed by atoms with Gasteiger partial charge in [0.05, 0.1) is 23.4 Å². The Morgan fingerprint density at radius 1 is 1.19 bits per heavy atom. The van der Waals surface area contributed by atoms with Gasteiger partial charge in [0.2, 0.25) is 5.91 Å². The smallest absolute Gasteiger partial charge is 0.340 e. The van der Waals surface area contributed by atoms with Crippen molar-refractivity contribution in [1.82, 2.24) is 5.32 Å². The van der Waals surface area contributed by atoms with Crippen molar-refractivity contribution in [2.24, 2.45) is 0 Å². The summed E-state index contributed by atoms with van der Waals surface area (Å²) in [4.78, 5) is 24.6. The first-order valence-electron chi connectivity index (χ1n) is 8.19. The van der Waals surface area contributed by atoms with Gasteiger partial charge >= 0.3 is 5.63 Å². The third-order valence-corrected chi connectivity index (χ3v) is 4.36. The first-order chi connectivity index (χ1) is 12.4. The fourth-order valence-corrected chi connectivity index (χ4v) is 2.99. The number of carbonyl (C=O) groups is 1. The zero-order valence-corrected chi connectivity index (χ0v) is 14.4. The molecule has 0 fully saturated rings. The lowest BCUT2D eigenvalue weighted by molar-refractivity contribution is -0.121. The first kappa shape index (κ1) is 17.5. The minimum Gasteiger partial charge on any atom is -0.508 e. The van der Waals surface area contributed by atoms with Crippen LogP contribution in [0, 0.1) is 6.92 Å². The highest BCUT2D eigenvalue weighted by atomic mass is 16.4. The van der Waals surface area contributed by atoms with Crippen LogP contribution in [0.25, 0.3) is 11.0 Å². The van der Waals surface area contributed by atoms with Crippen molar-refractivity contribution in [2.45, 2.75) is 26.3 Å². The van der Waals surface area contributed by atoms with Gasteiger partial charge in [0, 0.05) is 12.1 Å². The van der Waals surface area contributed by atoms with Crippen molar-refractivity contribution in [3.05, 3.63) is 69.6 Å². The van der Waals surface area contributed by atoms with E-state index in [2.05, 4.69) is 5.32 Å². The Kier molecular flexibility index (Phi) is 4.67. The van der Waals surface area contributed by atoms with E-state index in [1.165, 1.54) is 6.07 Å². The fraction of sp³-hybridized carbons (Fsp3) is 0.200. The molecule has 0 unspecified atom stereocenters. The zero-order valence-electron chi connectivity index (χ0n) is 14.4. The summed E-state index contributed by atoms with van der Waals surface area (Å²) in [6.07, 6.45) is -0.165. The molecule has 0 aliphatic rings. The van der Waals surface area contributed by atoms with Crippen LogP contribution < -0.4 is 10.9 Å². The van der Waals surface area contributed by atoms with E-state index >= 15 is 0 Å². The number of nitrogens with one attached hydrogen (secondary N) is 1. The number of carbonyl (C=O) groups excluding carboxylic acids is 1. The molecule has 1 atom stereocenters. The third-order valence-electron chi connectivity index (χ3n) is 4.36. The molecule has 1 heterocycles. The summed E-state index contributed by atoms with van der Waals surface area (Å²) in [6.45, 7) is 3.50. The Bertz CT molecular complexity index is 1020. The van der Waals surface area contributed by atoms with Crippen LogP contribution in [0.5, 0.6) is 11.5 Å². The van der Waals surface area contributed by atoms with Crippen LogP contribution in [0.3, 0.4) is 0 Å². The van der Waals surface area contributed by atoms with Crippen LogP contribution in [0.1, 0.15) is 29.7 Å². The molecule has 0 aliphatic heterocycles. The predicted octanol–water partition coefficient (Wildman–Crippen LogP) is 2.93. The Balaban J connectivity index is 1.89. The van der Waals surface area contributed by atoms with E-state index in [0.29, 0.717) is 10.9 Å². The van der Waals surface area contributed by atoms with Gasteiger partial charge in [-0.15, -0.1) is 0 Å². The normalized spacial score (nSPS) is 12.1. The molecule has 0 saturated heterocycles. The second kappa shape index (κ2) is 6.92. The van der Waals surface area contributed by atoms with E-state index < -0.39 is 5.63 Å². The Hall–Kier alpha value is -3.28. The number of benzene rings is 2. The maximum Gasteiger partial charge on any atom is 0.340 e. The van der Waals surface area contributed by atoms with Crippen LogP contribution in [-0.4, -0.2) is 16.1 Å². The van der Waals surface area contributed by atoms with Gasteiger partial charge in [0.25, 0.3) is 0 Å². The summed E-state index contributed by atoms with van der Waals surface area (Å²) in [5.41, 5.74) is 0.998. The summed E-state index contributed by atoms with van der Waals surface area (Å²) in [7, 11) is 0. The van der Waals surface area contributed by atoms with E-state index in [1.807, 2.05) is 37.3 Å². The standard InChI is InChI=1S/C20H19NO5/c1-11-15(10-18(24)21-12(2)13-6-4-3-5-7-13)20(25)26-17-9-14(22)8-16(23)19(11)17/h3-9,12,22-23H,10H2,1-2H3,(H,21,24)/t12-/m1/s1. The van der Waals surface area contributed by atoms with Crippen LogP contribution >= 0.6 is 0 Å². The van der Waals surface area contributed by atoms with Gasteiger partial charge in [-0.1, -0.05) is 30.3 Å². The molecule has 0 bridgehead atoms. The molecule has 6 heteroatoms. The average molecular weight is 353 g/mol. The summed E-state index contributed by atoms with van der Waals surface area (Å²) < 4.78 is 5.17. The molecule has 6 nitrogen and oxygen atoms in total. The molecule has 0 radical (unpaired) electrons. The van der Waals surface area contributed by atoms with Crippen molar-refractivity contribution in [3.8, 4) is 11.5 Å². The van der Waals surface area contributed by atoms with Gasteiger partial charge in [-0.25, -0.2) is 4.79 Å². The summed E-state index contributed by atoms with van der Waals surface area (Å²) in [5, 5.41) is 22.7. The number of aryl methyl sites for hydroxylation is 1. The number of fused-ring (bicyclic) bond motifs is 1. The molecule has 1 aromatic heterocycles. The first-order valence-corrected chi connectivity index (χ1v) is 8.19. The molecular formula is C20H19NO5. The van der Waals surface area contributed by atoms with Gasteiger partial charge in [-0.2, -0.15) is 0 Å². The molecule has 3 aromatic rings. The molecule has 3 N–H and O–H groups in total. The predicted molar refractivity (Wildman–Crippen MR) is 97.3 cm³/mol. The number of phenolic OH excluding ortho intramolecular Hbond substituents is 2. The molecule has 26 heavy (non-hydrogen) atoms. The molecule has 2 aromatic carbocycles. The highest BCUT2D eigenvalue weighted by Gasteiger charge is 2.19. The monoisotopic (exact) mass is 353 g/mol. The summed E-state index contributed by atoms with van der Waals surface area (Å²) in [6, 6.07) is 11.7. The minimum atomic E-state index is -0.664. The zero-order chi connectivity index (χ0) is 18.8. The number of hydrogen-bond donors (Lipinski definition) is 3. The maximum absolute atomic E-state index is 12.4. The molecule has 134 valence electrons. The minimum absolute atomic E-state index is 0.0758. The summed E-state index contributed by atoms with van der Waals surface area (Å²) in [5.74, 6) is -0.741. The molecule has 1 amide bonds. The number of phenols is 2. The van der Waals surface area contributed by atoms with Crippen LogP contribution in [0.4, 0.5) is 0 Å². The molecule has 3 rings (SSSR count). The summed E-state index contributed by atoms with van der Waals surface area (Å²) >= 11 is 0. The highest BCUT2D eigenvalue weighted by molar-refractivity contribution is 5.90. The van der Waals surface area contributed by atoms with Gasteiger partial charge in [-0.05, 0) is 25.0 Å². The van der Waals surface area contributed by atoms with Crippen molar-refractivity contribution in [1.29, 1.82) is 0 Å². The average Bonchev–Trinajstić information content (AvgIpc) is 2.58. The maximum atomic E-state index is 12.4. The van der Waals surface area contributed by atoms with Crippen molar-refractivity contribution in [3.63, 3.8) is 0 Å². The van der Waals surface area contributed by atoms with Crippen molar-refractivity contribution in [2.75, 3.05) is 0 Å². The number of amides is 1. The van der Waals surface area contributed by atoms with Crippen molar-refractivity contribution >= 4 is 16.9 Å². The van der Waals surface area contributed by atoms with E-state index in [0.717, 1.165) is 11.6 Å². The van der Waals surface area contributed by atoms with Gasteiger partial charge in [0.1, 0.15) is 17.1 Å². The quantitative estimate of drug-likeness (QED) is 0.626. The second-order valence-electron chi connectivity index (χ2n) is 6.21. The fourth-order valence-electron chi connectivity index (χ4n) is 2.99. The Labute approximate surface area is 149 Å². The number of aromatic hydroxyl groups is 2. The largest absolute Gasteiger partial charge is 0.508 e. The van der Waals surface area contributed by atoms with E-state index in [9.17, 15) is 19.8 Å². The highest BCUT2D eigenvalue weighted by Crippen LogP contribution is 2.32.